The first-order chi connectivity index (χ1) is 12.9. The maximum atomic E-state index is 14.9. The van der Waals surface area contributed by atoms with E-state index < -0.39 is 39.9 Å². The minimum absolute atomic E-state index is 0.164. The van der Waals surface area contributed by atoms with Crippen molar-refractivity contribution in [3.63, 3.8) is 0 Å². The van der Waals surface area contributed by atoms with Crippen LogP contribution in [0.3, 0.4) is 0 Å². The lowest BCUT2D eigenvalue weighted by atomic mass is 10.1. The number of phenols is 1. The van der Waals surface area contributed by atoms with Crippen LogP contribution in [0, 0.1) is 17.7 Å². The minimum atomic E-state index is -4.28. The van der Waals surface area contributed by atoms with Gasteiger partial charge in [-0.05, 0) is 30.2 Å². The number of fused-ring (bicyclic) bond motifs is 1. The molecule has 1 aromatic carbocycles. The molecule has 11 heteroatoms. The fourth-order valence-corrected chi connectivity index (χ4v) is 3.74. The van der Waals surface area contributed by atoms with Gasteiger partial charge in [0.15, 0.2) is 11.5 Å². The van der Waals surface area contributed by atoms with Crippen LogP contribution in [0.25, 0.3) is 5.65 Å². The lowest BCUT2D eigenvalue weighted by Crippen LogP contribution is -2.30. The molecule has 0 atom stereocenters. The Bertz CT molecular complexity index is 1260. The first-order valence-corrected chi connectivity index (χ1v) is 8.96. The summed E-state index contributed by atoms with van der Waals surface area (Å²) in [5, 5.41) is 14.0. The summed E-state index contributed by atoms with van der Waals surface area (Å²) in [4.78, 5) is 15.5. The number of hydrogen-bond acceptors (Lipinski definition) is 6. The Labute approximate surface area is 152 Å². The number of carbonyl (C=O) groups excluding carboxylic acids is 1. The molecule has 0 spiro atoms. The van der Waals surface area contributed by atoms with Crippen LogP contribution in [-0.2, 0) is 15.0 Å². The average molecular weight is 387 g/mol. The van der Waals surface area contributed by atoms with Crippen LogP contribution in [-0.4, -0.2) is 40.6 Å². The maximum absolute atomic E-state index is 14.9. The molecule has 3 aromatic rings. The van der Waals surface area contributed by atoms with Crippen molar-refractivity contribution in [2.24, 2.45) is 0 Å². The van der Waals surface area contributed by atoms with E-state index >= 15 is 0 Å². The highest BCUT2D eigenvalue weighted by Gasteiger charge is 2.37. The summed E-state index contributed by atoms with van der Waals surface area (Å²) in [5.74, 6) is 2.75. The Morgan fingerprint density at radius 1 is 1.26 bits per heavy atom. The molecule has 1 amide bonds. The highest BCUT2D eigenvalue weighted by Crippen LogP contribution is 2.34. The van der Waals surface area contributed by atoms with Crippen LogP contribution in [0.1, 0.15) is 11.3 Å². The largest absolute Gasteiger partial charge is 0.506 e. The zero-order valence-electron chi connectivity index (χ0n) is 13.4. The van der Waals surface area contributed by atoms with Crippen LogP contribution >= 0.6 is 0 Å². The molecule has 27 heavy (non-hydrogen) atoms. The Morgan fingerprint density at radius 2 is 2.07 bits per heavy atom. The Morgan fingerprint density at radius 3 is 2.81 bits per heavy atom. The van der Waals surface area contributed by atoms with E-state index in [1.54, 1.807) is 23.1 Å². The van der Waals surface area contributed by atoms with Crippen molar-refractivity contribution < 1.29 is 22.7 Å². The second-order valence-electron chi connectivity index (χ2n) is 5.52. The molecular weight excluding hydrogens is 377 g/mol. The van der Waals surface area contributed by atoms with Gasteiger partial charge in [-0.1, -0.05) is 5.92 Å². The lowest BCUT2D eigenvalue weighted by Gasteiger charge is -2.17. The Hall–Kier alpha value is -3.65. The van der Waals surface area contributed by atoms with Gasteiger partial charge < -0.3 is 5.11 Å². The predicted molar refractivity (Wildman–Crippen MR) is 91.4 cm³/mol. The van der Waals surface area contributed by atoms with Crippen molar-refractivity contribution in [3.8, 4) is 17.6 Å². The van der Waals surface area contributed by atoms with Crippen LogP contribution < -0.4 is 9.03 Å². The molecule has 1 fully saturated rings. The second-order valence-corrected chi connectivity index (χ2v) is 7.11. The zero-order valence-corrected chi connectivity index (χ0v) is 14.2. The van der Waals surface area contributed by atoms with E-state index in [0.717, 1.165) is 6.07 Å². The fourth-order valence-electron chi connectivity index (χ4n) is 2.58. The van der Waals surface area contributed by atoms with Crippen molar-refractivity contribution in [3.05, 3.63) is 53.7 Å². The summed E-state index contributed by atoms with van der Waals surface area (Å²) in [6.45, 7) is -0.638. The maximum Gasteiger partial charge on any atom is 0.326 e. The van der Waals surface area contributed by atoms with Gasteiger partial charge in [-0.15, -0.1) is 0 Å². The summed E-state index contributed by atoms with van der Waals surface area (Å²) in [6.07, 6.45) is 3.00. The average Bonchev–Trinajstić information content (AvgIpc) is 3.14. The quantitative estimate of drug-likeness (QED) is 0.575. The van der Waals surface area contributed by atoms with Gasteiger partial charge in [0, 0.05) is 6.20 Å². The van der Waals surface area contributed by atoms with E-state index in [-0.39, 0.29) is 5.56 Å². The van der Waals surface area contributed by atoms with Crippen molar-refractivity contribution >= 4 is 27.5 Å². The monoisotopic (exact) mass is 387 g/mol. The highest BCUT2D eigenvalue weighted by molar-refractivity contribution is 7.92. The topological polar surface area (TPSA) is 117 Å². The summed E-state index contributed by atoms with van der Waals surface area (Å²) in [5.41, 5.74) is 0.145. The third-order valence-electron chi connectivity index (χ3n) is 3.77. The van der Waals surface area contributed by atoms with Crippen LogP contribution in [0.5, 0.6) is 5.75 Å². The molecule has 0 unspecified atom stereocenters. The number of nitrogens with zero attached hydrogens (tertiary/aromatic N) is 4. The normalized spacial score (nSPS) is 15.4. The number of benzene rings is 1. The molecule has 1 aliphatic heterocycles. The summed E-state index contributed by atoms with van der Waals surface area (Å²) in [7, 11) is -4.28. The number of aromatic hydroxyl groups is 1. The van der Waals surface area contributed by atoms with Gasteiger partial charge in [-0.25, -0.2) is 22.9 Å². The number of phenolic OH excluding ortho intramolecular Hbond substituents is 1. The molecule has 9 nitrogen and oxygen atoms in total. The van der Waals surface area contributed by atoms with E-state index in [2.05, 4.69) is 21.9 Å². The molecule has 0 saturated carbocycles. The number of aromatic nitrogens is 3. The van der Waals surface area contributed by atoms with E-state index in [1.807, 2.05) is 0 Å². The zero-order chi connectivity index (χ0) is 19.2. The SMILES string of the molecule is O=C1CN(c2c(O)ccc(C#Cc3cnc4cccnn34)c2F)S(=O)(=O)N1. The van der Waals surface area contributed by atoms with Crippen molar-refractivity contribution in [1.82, 2.24) is 19.3 Å². The highest BCUT2D eigenvalue weighted by atomic mass is 32.2. The van der Waals surface area contributed by atoms with E-state index in [1.165, 1.54) is 16.8 Å². The van der Waals surface area contributed by atoms with Gasteiger partial charge in [0.1, 0.15) is 23.7 Å². The van der Waals surface area contributed by atoms with Crippen LogP contribution in [0.4, 0.5) is 10.1 Å². The van der Waals surface area contributed by atoms with Gasteiger partial charge in [0.2, 0.25) is 0 Å². The number of nitrogens with one attached hydrogen (secondary N) is 1. The molecule has 3 heterocycles. The number of rotatable bonds is 1. The summed E-state index contributed by atoms with van der Waals surface area (Å²) in [6, 6.07) is 5.74. The molecule has 0 bridgehead atoms. The standard InChI is InChI=1S/C16H10FN5O4S/c17-15-10(3-5-11-8-18-13-2-1-7-19-22(11)13)4-6-12(23)16(15)21-9-14(24)20-27(21,25)26/h1-2,4,6-8,23H,9H2,(H,20,24). The van der Waals surface area contributed by atoms with Crippen molar-refractivity contribution in [2.45, 2.75) is 0 Å². The lowest BCUT2D eigenvalue weighted by molar-refractivity contribution is -0.117. The predicted octanol–water partition coefficient (Wildman–Crippen LogP) is 0.155. The number of halogens is 1. The molecule has 0 radical (unpaired) electrons. The summed E-state index contributed by atoms with van der Waals surface area (Å²) >= 11 is 0. The first kappa shape index (κ1) is 16.8. The third kappa shape index (κ3) is 2.81. The molecule has 1 saturated heterocycles. The molecule has 1 aliphatic rings. The van der Waals surface area contributed by atoms with E-state index in [9.17, 15) is 22.7 Å². The second kappa shape index (κ2) is 5.96. The van der Waals surface area contributed by atoms with Crippen molar-refractivity contribution in [2.75, 3.05) is 10.8 Å². The minimum Gasteiger partial charge on any atom is -0.506 e. The molecular formula is C16H10FN5O4S. The van der Waals surface area contributed by atoms with Gasteiger partial charge in [-0.3, -0.25) is 4.79 Å². The van der Waals surface area contributed by atoms with Gasteiger partial charge >= 0.3 is 10.2 Å². The molecule has 2 aromatic heterocycles. The Kier molecular flexibility index (Phi) is 3.71. The first-order valence-electron chi connectivity index (χ1n) is 7.52. The van der Waals surface area contributed by atoms with Gasteiger partial charge in [-0.2, -0.15) is 13.5 Å². The smallest absolute Gasteiger partial charge is 0.326 e. The third-order valence-corrected chi connectivity index (χ3v) is 5.15. The van der Waals surface area contributed by atoms with E-state index in [4.69, 9.17) is 0 Å². The number of amides is 1. The summed E-state index contributed by atoms with van der Waals surface area (Å²) < 4.78 is 42.4. The number of hydrogen-bond donors (Lipinski definition) is 2. The van der Waals surface area contributed by atoms with Crippen LogP contribution in [0.15, 0.2) is 36.7 Å². The number of carbonyl (C=O) groups is 1. The van der Waals surface area contributed by atoms with Gasteiger partial charge in [0.25, 0.3) is 5.91 Å². The van der Waals surface area contributed by atoms with E-state index in [0.29, 0.717) is 15.6 Å². The molecule has 4 rings (SSSR count). The molecule has 136 valence electrons. The molecule has 0 aliphatic carbocycles. The number of imidazole rings is 1. The number of anilines is 1. The molecule has 2 N–H and O–H groups in total. The van der Waals surface area contributed by atoms with Gasteiger partial charge in [0.05, 0.1) is 11.8 Å². The van der Waals surface area contributed by atoms with Crippen molar-refractivity contribution in [1.29, 1.82) is 0 Å². The Balaban J connectivity index is 1.80. The van der Waals surface area contributed by atoms with Crippen LogP contribution in [0.2, 0.25) is 0 Å². The fraction of sp³-hybridized carbons (Fsp3) is 0.0625.